The Bertz CT molecular complexity index is 201. The first-order valence-electron chi connectivity index (χ1n) is 6.98. The molecule has 3 heteroatoms. The Kier molecular flexibility index (Phi) is 4.22. The van der Waals surface area contributed by atoms with Gasteiger partial charge in [-0.25, -0.2) is 0 Å². The fourth-order valence-corrected chi connectivity index (χ4v) is 3.48. The van der Waals surface area contributed by atoms with E-state index in [1.165, 1.54) is 51.9 Å². The van der Waals surface area contributed by atoms with E-state index in [0.29, 0.717) is 6.04 Å². The van der Waals surface area contributed by atoms with Crippen molar-refractivity contribution in [2.75, 3.05) is 26.2 Å². The molecule has 0 aromatic carbocycles. The third kappa shape index (κ3) is 2.58. The second-order valence-electron chi connectivity index (χ2n) is 5.38. The van der Waals surface area contributed by atoms with Crippen LogP contribution in [-0.2, 0) is 0 Å². The average molecular weight is 225 g/mol. The van der Waals surface area contributed by atoms with Gasteiger partial charge >= 0.3 is 0 Å². The third-order valence-electron chi connectivity index (χ3n) is 4.49. The largest absolute Gasteiger partial charge is 0.328 e. The molecule has 0 radical (unpaired) electrons. The fourth-order valence-electron chi connectivity index (χ4n) is 3.48. The van der Waals surface area contributed by atoms with Gasteiger partial charge in [-0.3, -0.25) is 4.90 Å². The molecule has 2 aliphatic heterocycles. The lowest BCUT2D eigenvalue weighted by Crippen LogP contribution is -2.49. The van der Waals surface area contributed by atoms with Crippen LogP contribution in [0.3, 0.4) is 0 Å². The molecule has 0 aliphatic carbocycles. The minimum Gasteiger partial charge on any atom is -0.328 e. The van der Waals surface area contributed by atoms with Crippen molar-refractivity contribution in [3.63, 3.8) is 0 Å². The molecule has 2 saturated heterocycles. The Hall–Kier alpha value is -0.120. The SMILES string of the molecule is CCN(CC)CCN1[C@@H]2CC[C@H]1CC(N)C2. The zero-order chi connectivity index (χ0) is 11.5. The number of fused-ring (bicyclic) bond motifs is 2. The van der Waals surface area contributed by atoms with E-state index < -0.39 is 0 Å². The highest BCUT2D eigenvalue weighted by Gasteiger charge is 2.39. The summed E-state index contributed by atoms with van der Waals surface area (Å²) in [7, 11) is 0. The zero-order valence-electron chi connectivity index (χ0n) is 10.9. The van der Waals surface area contributed by atoms with Crippen LogP contribution in [0.15, 0.2) is 0 Å². The van der Waals surface area contributed by atoms with Crippen molar-refractivity contribution >= 4 is 0 Å². The van der Waals surface area contributed by atoms with Gasteiger partial charge in [0.15, 0.2) is 0 Å². The van der Waals surface area contributed by atoms with Crippen LogP contribution in [0.2, 0.25) is 0 Å². The monoisotopic (exact) mass is 225 g/mol. The van der Waals surface area contributed by atoms with Crippen LogP contribution in [-0.4, -0.2) is 54.1 Å². The Balaban J connectivity index is 1.82. The maximum Gasteiger partial charge on any atom is 0.0115 e. The van der Waals surface area contributed by atoms with Gasteiger partial charge in [0, 0.05) is 31.2 Å². The van der Waals surface area contributed by atoms with Crippen molar-refractivity contribution in [1.82, 2.24) is 9.80 Å². The average Bonchev–Trinajstić information content (AvgIpc) is 2.53. The van der Waals surface area contributed by atoms with Gasteiger partial charge in [-0.2, -0.15) is 0 Å². The van der Waals surface area contributed by atoms with Gasteiger partial charge in [-0.15, -0.1) is 0 Å². The Morgan fingerprint density at radius 3 is 2.19 bits per heavy atom. The molecule has 3 nitrogen and oxygen atoms in total. The van der Waals surface area contributed by atoms with Crippen molar-refractivity contribution in [2.24, 2.45) is 5.73 Å². The van der Waals surface area contributed by atoms with Crippen molar-refractivity contribution in [2.45, 2.75) is 57.7 Å². The molecule has 2 fully saturated rings. The molecule has 2 bridgehead atoms. The number of hydrogen-bond acceptors (Lipinski definition) is 3. The number of likely N-dealkylation sites (N-methyl/N-ethyl adjacent to an activating group) is 1. The summed E-state index contributed by atoms with van der Waals surface area (Å²) in [5, 5.41) is 0. The van der Waals surface area contributed by atoms with Crippen LogP contribution in [0.1, 0.15) is 39.5 Å². The van der Waals surface area contributed by atoms with Crippen molar-refractivity contribution in [3.05, 3.63) is 0 Å². The highest BCUT2D eigenvalue weighted by molar-refractivity contribution is 4.96. The number of hydrogen-bond donors (Lipinski definition) is 1. The summed E-state index contributed by atoms with van der Waals surface area (Å²) in [6.07, 6.45) is 5.23. The van der Waals surface area contributed by atoms with Crippen LogP contribution in [0, 0.1) is 0 Å². The minimum atomic E-state index is 0.474. The number of nitrogens with zero attached hydrogens (tertiary/aromatic N) is 2. The molecule has 0 aromatic heterocycles. The smallest absolute Gasteiger partial charge is 0.0115 e. The quantitative estimate of drug-likeness (QED) is 0.765. The Morgan fingerprint density at radius 2 is 1.69 bits per heavy atom. The summed E-state index contributed by atoms with van der Waals surface area (Å²) in [4.78, 5) is 5.26. The molecule has 2 aliphatic rings. The molecule has 0 amide bonds. The lowest BCUT2D eigenvalue weighted by molar-refractivity contribution is 0.111. The van der Waals surface area contributed by atoms with Crippen LogP contribution in [0.5, 0.6) is 0 Å². The summed E-state index contributed by atoms with van der Waals surface area (Å²) in [6.45, 7) is 9.35. The first kappa shape index (κ1) is 12.3. The van der Waals surface area contributed by atoms with Crippen molar-refractivity contribution in [1.29, 1.82) is 0 Å². The topological polar surface area (TPSA) is 32.5 Å². The molecule has 0 spiro atoms. The van der Waals surface area contributed by atoms with Gasteiger partial charge in [0.05, 0.1) is 0 Å². The molecule has 0 saturated carbocycles. The second kappa shape index (κ2) is 5.48. The van der Waals surface area contributed by atoms with Gasteiger partial charge in [0.2, 0.25) is 0 Å². The summed E-state index contributed by atoms with van der Waals surface area (Å²) in [5.41, 5.74) is 6.09. The number of piperidine rings is 1. The summed E-state index contributed by atoms with van der Waals surface area (Å²) >= 11 is 0. The highest BCUT2D eigenvalue weighted by Crippen LogP contribution is 2.34. The van der Waals surface area contributed by atoms with E-state index in [4.69, 9.17) is 5.73 Å². The molecule has 94 valence electrons. The Labute approximate surface area is 100.0 Å². The second-order valence-corrected chi connectivity index (χ2v) is 5.38. The standard InChI is InChI=1S/C13H27N3/c1-3-15(4-2)7-8-16-12-5-6-13(16)10-11(14)9-12/h11-13H,3-10,14H2,1-2H3/t11?,12-,13+. The predicted molar refractivity (Wildman–Crippen MR) is 68.5 cm³/mol. The van der Waals surface area contributed by atoms with E-state index in [1.54, 1.807) is 0 Å². The van der Waals surface area contributed by atoms with Crippen molar-refractivity contribution < 1.29 is 0 Å². The van der Waals surface area contributed by atoms with Crippen molar-refractivity contribution in [3.8, 4) is 0 Å². The maximum atomic E-state index is 6.09. The van der Waals surface area contributed by atoms with E-state index in [1.807, 2.05) is 0 Å². The summed E-state index contributed by atoms with van der Waals surface area (Å²) in [6, 6.07) is 2.07. The summed E-state index contributed by atoms with van der Waals surface area (Å²) in [5.74, 6) is 0. The van der Waals surface area contributed by atoms with Gasteiger partial charge in [0.25, 0.3) is 0 Å². The number of nitrogens with two attached hydrogens (primary N) is 1. The number of rotatable bonds is 5. The van der Waals surface area contributed by atoms with E-state index in [9.17, 15) is 0 Å². The third-order valence-corrected chi connectivity index (χ3v) is 4.49. The van der Waals surface area contributed by atoms with Crippen LogP contribution in [0.25, 0.3) is 0 Å². The predicted octanol–water partition coefficient (Wildman–Crippen LogP) is 1.28. The molecule has 1 unspecified atom stereocenters. The lowest BCUT2D eigenvalue weighted by Gasteiger charge is -2.38. The molecule has 2 heterocycles. The molecule has 2 rings (SSSR count). The first-order valence-corrected chi connectivity index (χ1v) is 6.98. The Morgan fingerprint density at radius 1 is 1.12 bits per heavy atom. The lowest BCUT2D eigenvalue weighted by atomic mass is 9.98. The van der Waals surface area contributed by atoms with E-state index in [-0.39, 0.29) is 0 Å². The van der Waals surface area contributed by atoms with Gasteiger partial charge < -0.3 is 10.6 Å². The van der Waals surface area contributed by atoms with Crippen LogP contribution < -0.4 is 5.73 Å². The van der Waals surface area contributed by atoms with E-state index in [2.05, 4.69) is 23.6 Å². The van der Waals surface area contributed by atoms with Gasteiger partial charge in [-0.1, -0.05) is 13.8 Å². The minimum absolute atomic E-state index is 0.474. The van der Waals surface area contributed by atoms with E-state index >= 15 is 0 Å². The van der Waals surface area contributed by atoms with Gasteiger partial charge in [0.1, 0.15) is 0 Å². The molecule has 16 heavy (non-hydrogen) atoms. The van der Waals surface area contributed by atoms with Crippen LogP contribution in [0.4, 0.5) is 0 Å². The van der Waals surface area contributed by atoms with Crippen LogP contribution >= 0.6 is 0 Å². The molecular formula is C13H27N3. The zero-order valence-corrected chi connectivity index (χ0v) is 10.9. The molecule has 3 atom stereocenters. The summed E-state index contributed by atoms with van der Waals surface area (Å²) < 4.78 is 0. The molecule has 2 N–H and O–H groups in total. The maximum absolute atomic E-state index is 6.09. The fraction of sp³-hybridized carbons (Fsp3) is 1.00. The first-order chi connectivity index (χ1) is 7.74. The molecule has 0 aromatic rings. The molecular weight excluding hydrogens is 198 g/mol. The van der Waals surface area contributed by atoms with E-state index in [0.717, 1.165) is 12.1 Å². The normalized spacial score (nSPS) is 34.9. The van der Waals surface area contributed by atoms with Gasteiger partial charge in [-0.05, 0) is 38.8 Å². The highest BCUT2D eigenvalue weighted by atomic mass is 15.3.